The summed E-state index contributed by atoms with van der Waals surface area (Å²) < 4.78 is 5.05. The monoisotopic (exact) mass is 246 g/mol. The molecule has 0 spiro atoms. The van der Waals surface area contributed by atoms with Crippen LogP contribution in [0.25, 0.3) is 0 Å². The van der Waals surface area contributed by atoms with Crippen molar-refractivity contribution in [3.05, 3.63) is 0 Å². The summed E-state index contributed by atoms with van der Waals surface area (Å²) in [6.45, 7) is 7.62. The van der Waals surface area contributed by atoms with E-state index in [1.165, 1.54) is 0 Å². The lowest BCUT2D eigenvalue weighted by Gasteiger charge is -2.20. The molecule has 0 radical (unpaired) electrons. The minimum absolute atomic E-state index is 0.151. The van der Waals surface area contributed by atoms with E-state index >= 15 is 0 Å². The number of rotatable bonds is 5. The Bertz CT molecular complexity index is 261. The number of amides is 2. The van der Waals surface area contributed by atoms with Gasteiger partial charge < -0.3 is 20.5 Å². The van der Waals surface area contributed by atoms with Gasteiger partial charge in [-0.25, -0.2) is 9.59 Å². The average Bonchev–Trinajstić information content (AvgIpc) is 2.12. The van der Waals surface area contributed by atoms with Crippen LogP contribution in [0.1, 0.15) is 40.5 Å². The molecular weight excluding hydrogens is 224 g/mol. The van der Waals surface area contributed by atoms with Gasteiger partial charge in [0.1, 0.15) is 5.60 Å². The predicted molar refractivity (Wildman–Crippen MR) is 64.1 cm³/mol. The van der Waals surface area contributed by atoms with Crippen LogP contribution in [0.3, 0.4) is 0 Å². The summed E-state index contributed by atoms with van der Waals surface area (Å²) in [7, 11) is 0. The minimum Gasteiger partial charge on any atom is -0.465 e. The van der Waals surface area contributed by atoms with Gasteiger partial charge in [-0.15, -0.1) is 0 Å². The first-order chi connectivity index (χ1) is 7.74. The summed E-state index contributed by atoms with van der Waals surface area (Å²) in [6.07, 6.45) is -0.304. The molecule has 0 saturated heterocycles. The van der Waals surface area contributed by atoms with E-state index in [-0.39, 0.29) is 6.04 Å². The molecule has 0 aliphatic heterocycles. The van der Waals surface area contributed by atoms with Gasteiger partial charge in [0.05, 0.1) is 0 Å². The van der Waals surface area contributed by atoms with Crippen molar-refractivity contribution >= 4 is 12.2 Å². The van der Waals surface area contributed by atoms with Gasteiger partial charge in [-0.05, 0) is 33.6 Å². The van der Waals surface area contributed by atoms with Crippen LogP contribution in [0, 0.1) is 0 Å². The number of carbonyl (C=O) groups is 2. The molecule has 6 heteroatoms. The summed E-state index contributed by atoms with van der Waals surface area (Å²) in [5, 5.41) is 13.5. The van der Waals surface area contributed by atoms with Gasteiger partial charge in [0.15, 0.2) is 0 Å². The highest BCUT2D eigenvalue weighted by molar-refractivity contribution is 5.67. The van der Waals surface area contributed by atoms with Crippen molar-refractivity contribution in [3.8, 4) is 0 Å². The smallest absolute Gasteiger partial charge is 0.407 e. The van der Waals surface area contributed by atoms with E-state index in [2.05, 4.69) is 10.6 Å². The van der Waals surface area contributed by atoms with E-state index in [4.69, 9.17) is 9.84 Å². The van der Waals surface area contributed by atoms with Gasteiger partial charge in [0.2, 0.25) is 0 Å². The van der Waals surface area contributed by atoms with E-state index in [0.29, 0.717) is 19.4 Å². The number of hydrogen-bond donors (Lipinski definition) is 3. The molecule has 17 heavy (non-hydrogen) atoms. The van der Waals surface area contributed by atoms with E-state index in [1.54, 1.807) is 20.8 Å². The van der Waals surface area contributed by atoms with Crippen molar-refractivity contribution in [1.29, 1.82) is 0 Å². The lowest BCUT2D eigenvalue weighted by Crippen LogP contribution is -2.38. The van der Waals surface area contributed by atoms with E-state index in [9.17, 15) is 9.59 Å². The number of hydrogen-bond acceptors (Lipinski definition) is 3. The van der Waals surface area contributed by atoms with Crippen molar-refractivity contribution in [2.45, 2.75) is 52.2 Å². The fourth-order valence-electron chi connectivity index (χ4n) is 1.22. The van der Waals surface area contributed by atoms with Crippen LogP contribution in [-0.2, 0) is 4.74 Å². The molecule has 0 aliphatic rings. The molecule has 0 aliphatic carbocycles. The number of ether oxygens (including phenoxy) is 1. The Balaban J connectivity index is 3.81. The normalized spacial score (nSPS) is 12.7. The quantitative estimate of drug-likeness (QED) is 0.691. The average molecular weight is 246 g/mol. The Morgan fingerprint density at radius 2 is 1.94 bits per heavy atom. The topological polar surface area (TPSA) is 87.7 Å². The molecule has 0 rings (SSSR count). The maximum Gasteiger partial charge on any atom is 0.407 e. The third-order valence-electron chi connectivity index (χ3n) is 1.98. The summed E-state index contributed by atoms with van der Waals surface area (Å²) >= 11 is 0. The lowest BCUT2D eigenvalue weighted by molar-refractivity contribution is 0.0526. The Morgan fingerprint density at radius 3 is 2.35 bits per heavy atom. The Hall–Kier alpha value is -1.46. The molecular formula is C11H22N2O4. The molecule has 0 fully saturated rings. The maximum absolute atomic E-state index is 11.3. The van der Waals surface area contributed by atoms with Crippen LogP contribution in [0.15, 0.2) is 0 Å². The Morgan fingerprint density at radius 1 is 1.35 bits per heavy atom. The Labute approximate surface area is 102 Å². The van der Waals surface area contributed by atoms with Gasteiger partial charge in [-0.3, -0.25) is 0 Å². The molecule has 1 unspecified atom stereocenters. The molecule has 0 aromatic rings. The number of carboxylic acid groups (broad SMARTS) is 1. The molecule has 6 nitrogen and oxygen atoms in total. The van der Waals surface area contributed by atoms with E-state index in [1.807, 2.05) is 6.92 Å². The zero-order valence-electron chi connectivity index (χ0n) is 10.9. The second kappa shape index (κ2) is 6.98. The van der Waals surface area contributed by atoms with Crippen LogP contribution >= 0.6 is 0 Å². The highest BCUT2D eigenvalue weighted by atomic mass is 16.6. The van der Waals surface area contributed by atoms with Crippen molar-refractivity contribution in [2.75, 3.05) is 6.54 Å². The molecule has 0 heterocycles. The van der Waals surface area contributed by atoms with Crippen molar-refractivity contribution in [3.63, 3.8) is 0 Å². The van der Waals surface area contributed by atoms with Gasteiger partial charge in [-0.2, -0.15) is 0 Å². The molecule has 0 saturated carbocycles. The molecule has 0 aromatic carbocycles. The van der Waals surface area contributed by atoms with Gasteiger partial charge in [0.25, 0.3) is 0 Å². The fourth-order valence-corrected chi connectivity index (χ4v) is 1.22. The van der Waals surface area contributed by atoms with Gasteiger partial charge in [-0.1, -0.05) is 6.92 Å². The zero-order valence-corrected chi connectivity index (χ0v) is 10.9. The second-order valence-corrected chi connectivity index (χ2v) is 4.77. The maximum atomic E-state index is 11.3. The van der Waals surface area contributed by atoms with E-state index in [0.717, 1.165) is 0 Å². The minimum atomic E-state index is -1.05. The van der Waals surface area contributed by atoms with Crippen LogP contribution in [0.5, 0.6) is 0 Å². The standard InChI is InChI=1S/C11H22N2O4/c1-5-8(13-9(14)15)6-7-12-10(16)17-11(2,3)4/h8,13H,5-7H2,1-4H3,(H,12,16)(H,14,15). The highest BCUT2D eigenvalue weighted by Crippen LogP contribution is 2.06. The second-order valence-electron chi connectivity index (χ2n) is 4.77. The van der Waals surface area contributed by atoms with Gasteiger partial charge >= 0.3 is 12.2 Å². The molecule has 2 amide bonds. The SMILES string of the molecule is CCC(CCNC(=O)OC(C)(C)C)NC(=O)O. The third kappa shape index (κ3) is 9.47. The zero-order chi connectivity index (χ0) is 13.5. The lowest BCUT2D eigenvalue weighted by atomic mass is 10.1. The summed E-state index contributed by atoms with van der Waals surface area (Å²) in [6, 6.07) is -0.151. The van der Waals surface area contributed by atoms with Crippen LogP contribution in [-0.4, -0.2) is 35.5 Å². The fraction of sp³-hybridized carbons (Fsp3) is 0.818. The Kier molecular flexibility index (Phi) is 6.38. The van der Waals surface area contributed by atoms with E-state index < -0.39 is 17.8 Å². The molecule has 3 N–H and O–H groups in total. The third-order valence-corrected chi connectivity index (χ3v) is 1.98. The van der Waals surface area contributed by atoms with Crippen molar-refractivity contribution in [1.82, 2.24) is 10.6 Å². The van der Waals surface area contributed by atoms with Gasteiger partial charge in [0, 0.05) is 12.6 Å². The predicted octanol–water partition coefficient (Wildman–Crippen LogP) is 1.95. The molecule has 100 valence electrons. The summed E-state index contributed by atoms with van der Waals surface area (Å²) in [4.78, 5) is 21.7. The first-order valence-corrected chi connectivity index (χ1v) is 5.71. The van der Waals surface area contributed by atoms with Crippen LogP contribution < -0.4 is 10.6 Å². The highest BCUT2D eigenvalue weighted by Gasteiger charge is 2.16. The van der Waals surface area contributed by atoms with Crippen LogP contribution in [0.2, 0.25) is 0 Å². The molecule has 1 atom stereocenters. The number of carbonyl (C=O) groups excluding carboxylic acids is 1. The number of nitrogens with one attached hydrogen (secondary N) is 2. The first-order valence-electron chi connectivity index (χ1n) is 5.71. The van der Waals surface area contributed by atoms with Crippen LogP contribution in [0.4, 0.5) is 9.59 Å². The summed E-state index contributed by atoms with van der Waals surface area (Å²) in [5.41, 5.74) is -0.520. The molecule has 0 bridgehead atoms. The van der Waals surface area contributed by atoms with Crippen molar-refractivity contribution < 1.29 is 19.4 Å². The first kappa shape index (κ1) is 15.5. The molecule has 0 aromatic heterocycles. The number of alkyl carbamates (subject to hydrolysis) is 1. The summed E-state index contributed by atoms with van der Waals surface area (Å²) in [5.74, 6) is 0. The van der Waals surface area contributed by atoms with Crippen molar-refractivity contribution in [2.24, 2.45) is 0 Å². The largest absolute Gasteiger partial charge is 0.465 e.